The van der Waals surface area contributed by atoms with Crippen LogP contribution >= 0.6 is 11.6 Å². The summed E-state index contributed by atoms with van der Waals surface area (Å²) in [7, 11) is 1.63. The van der Waals surface area contributed by atoms with Gasteiger partial charge in [-0.15, -0.1) is 0 Å². The Labute approximate surface area is 82.3 Å². The highest BCUT2D eigenvalue weighted by Gasteiger charge is 2.44. The Morgan fingerprint density at radius 1 is 1.69 bits per heavy atom. The molecule has 13 heavy (non-hydrogen) atoms. The molecule has 2 atom stereocenters. The maximum Gasteiger partial charge on any atom is 0.188 e. The van der Waals surface area contributed by atoms with Crippen LogP contribution in [0.25, 0.3) is 0 Å². The zero-order valence-electron chi connectivity index (χ0n) is 7.63. The third kappa shape index (κ3) is 1.59. The third-order valence-electron chi connectivity index (χ3n) is 2.28. The lowest BCUT2D eigenvalue weighted by molar-refractivity contribution is 0.0950. The van der Waals surface area contributed by atoms with Crippen LogP contribution in [-0.2, 0) is 9.47 Å². The number of hydrogen-bond donors (Lipinski definition) is 1. The van der Waals surface area contributed by atoms with E-state index in [2.05, 4.69) is 5.32 Å². The van der Waals surface area contributed by atoms with Gasteiger partial charge in [0.05, 0.1) is 0 Å². The molecule has 2 rings (SSSR count). The van der Waals surface area contributed by atoms with Gasteiger partial charge >= 0.3 is 0 Å². The van der Waals surface area contributed by atoms with Gasteiger partial charge in [0.2, 0.25) is 0 Å². The summed E-state index contributed by atoms with van der Waals surface area (Å²) in [5.41, 5.74) is 2.11. The van der Waals surface area contributed by atoms with Crippen molar-refractivity contribution in [2.75, 3.05) is 13.7 Å². The molecule has 4 heteroatoms. The fraction of sp³-hybridized carbons (Fsp3) is 0.556. The summed E-state index contributed by atoms with van der Waals surface area (Å²) in [6.45, 7) is 2.79. The van der Waals surface area contributed by atoms with Crippen molar-refractivity contribution in [2.45, 2.75) is 19.3 Å². The Morgan fingerprint density at radius 2 is 2.46 bits per heavy atom. The van der Waals surface area contributed by atoms with Gasteiger partial charge < -0.3 is 14.8 Å². The van der Waals surface area contributed by atoms with Gasteiger partial charge in [-0.25, -0.2) is 0 Å². The first-order chi connectivity index (χ1) is 6.24. The van der Waals surface area contributed by atoms with E-state index in [4.69, 9.17) is 21.1 Å². The minimum Gasteiger partial charge on any atom is -0.385 e. The molecule has 1 saturated heterocycles. The molecule has 0 spiro atoms. The Hall–Kier alpha value is -0.510. The molecule has 1 fully saturated rings. The van der Waals surface area contributed by atoms with Crippen molar-refractivity contribution >= 4 is 11.6 Å². The minimum absolute atomic E-state index is 0.0153. The number of allylic oxidation sites excluding steroid dienone is 1. The highest BCUT2D eigenvalue weighted by Crippen LogP contribution is 2.37. The summed E-state index contributed by atoms with van der Waals surface area (Å²) in [6, 6.07) is 0. The lowest BCUT2D eigenvalue weighted by Gasteiger charge is -2.15. The van der Waals surface area contributed by atoms with Crippen LogP contribution < -0.4 is 5.32 Å². The topological polar surface area (TPSA) is 33.8 Å². The van der Waals surface area contributed by atoms with Gasteiger partial charge in [-0.3, -0.25) is 0 Å². The summed E-state index contributed by atoms with van der Waals surface area (Å²) < 4.78 is 10.4. The molecule has 0 bridgehead atoms. The minimum atomic E-state index is -0.119. The molecule has 0 aliphatic carbocycles. The van der Waals surface area contributed by atoms with E-state index in [9.17, 15) is 0 Å². The standard InChI is InChI=1S/C9H12ClNO2/c1-5-7(6(10)3-4-11-5)8-9(12-2)13-8/h3,8-9,11H,4H2,1-2H3/t8?,9-/m1/s1. The van der Waals surface area contributed by atoms with Gasteiger partial charge in [0, 0.05) is 30.0 Å². The van der Waals surface area contributed by atoms with Crippen LogP contribution in [0.1, 0.15) is 6.92 Å². The molecular formula is C9H12ClNO2. The predicted molar refractivity (Wildman–Crippen MR) is 50.3 cm³/mol. The van der Waals surface area contributed by atoms with Gasteiger partial charge in [0.25, 0.3) is 0 Å². The first kappa shape index (κ1) is 9.06. The monoisotopic (exact) mass is 201 g/mol. The van der Waals surface area contributed by atoms with E-state index in [1.54, 1.807) is 7.11 Å². The van der Waals surface area contributed by atoms with E-state index in [1.165, 1.54) is 0 Å². The van der Waals surface area contributed by atoms with E-state index in [-0.39, 0.29) is 12.4 Å². The number of halogens is 1. The van der Waals surface area contributed by atoms with Crippen LogP contribution in [0, 0.1) is 0 Å². The van der Waals surface area contributed by atoms with E-state index >= 15 is 0 Å². The molecule has 1 unspecified atom stereocenters. The lowest BCUT2D eigenvalue weighted by Crippen LogP contribution is -2.20. The highest BCUT2D eigenvalue weighted by atomic mass is 35.5. The molecule has 2 heterocycles. The number of dihydropyridines is 1. The molecule has 0 aromatic heterocycles. The molecule has 0 saturated carbocycles. The largest absolute Gasteiger partial charge is 0.385 e. The number of epoxide rings is 1. The second-order valence-electron chi connectivity index (χ2n) is 3.13. The van der Waals surface area contributed by atoms with Crippen molar-refractivity contribution in [2.24, 2.45) is 0 Å². The van der Waals surface area contributed by atoms with Gasteiger partial charge in [-0.1, -0.05) is 11.6 Å². The number of methoxy groups -OCH3 is 1. The molecular weight excluding hydrogens is 190 g/mol. The maximum absolute atomic E-state index is 6.06. The molecule has 0 aromatic carbocycles. The molecule has 3 nitrogen and oxygen atoms in total. The zero-order valence-corrected chi connectivity index (χ0v) is 8.39. The third-order valence-corrected chi connectivity index (χ3v) is 2.64. The van der Waals surface area contributed by atoms with E-state index in [1.807, 2.05) is 13.0 Å². The fourth-order valence-electron chi connectivity index (χ4n) is 1.51. The average molecular weight is 202 g/mol. The number of nitrogens with one attached hydrogen (secondary N) is 1. The number of rotatable bonds is 2. The highest BCUT2D eigenvalue weighted by molar-refractivity contribution is 6.32. The Morgan fingerprint density at radius 3 is 3.00 bits per heavy atom. The molecule has 72 valence electrons. The van der Waals surface area contributed by atoms with Gasteiger partial charge in [-0.05, 0) is 13.0 Å². The lowest BCUT2D eigenvalue weighted by atomic mass is 10.1. The predicted octanol–water partition coefficient (Wildman–Crippen LogP) is 1.36. The van der Waals surface area contributed by atoms with Crippen LogP contribution in [-0.4, -0.2) is 26.0 Å². The molecule has 0 amide bonds. The average Bonchev–Trinajstić information content (AvgIpc) is 2.83. The summed E-state index contributed by atoms with van der Waals surface area (Å²) in [4.78, 5) is 0. The zero-order chi connectivity index (χ0) is 9.42. The Bertz CT molecular complexity index is 285. The van der Waals surface area contributed by atoms with Crippen molar-refractivity contribution in [1.82, 2.24) is 5.32 Å². The normalized spacial score (nSPS) is 32.7. The van der Waals surface area contributed by atoms with Gasteiger partial charge in [-0.2, -0.15) is 0 Å². The summed E-state index contributed by atoms with van der Waals surface area (Å²) in [5, 5.41) is 3.99. The van der Waals surface area contributed by atoms with Crippen molar-refractivity contribution in [3.05, 3.63) is 22.4 Å². The second-order valence-corrected chi connectivity index (χ2v) is 3.54. The fourth-order valence-corrected chi connectivity index (χ4v) is 1.84. The summed E-state index contributed by atoms with van der Waals surface area (Å²) in [5.74, 6) is 0. The molecule has 1 N–H and O–H groups in total. The molecule has 2 aliphatic heterocycles. The van der Waals surface area contributed by atoms with Gasteiger partial charge in [0.15, 0.2) is 6.29 Å². The van der Waals surface area contributed by atoms with Crippen LogP contribution in [0.15, 0.2) is 22.4 Å². The van der Waals surface area contributed by atoms with E-state index < -0.39 is 0 Å². The smallest absolute Gasteiger partial charge is 0.188 e. The first-order valence-electron chi connectivity index (χ1n) is 4.23. The number of ether oxygens (including phenoxy) is 2. The molecule has 0 radical (unpaired) electrons. The van der Waals surface area contributed by atoms with Crippen molar-refractivity contribution < 1.29 is 9.47 Å². The molecule has 2 aliphatic rings. The second kappa shape index (κ2) is 3.33. The van der Waals surface area contributed by atoms with Gasteiger partial charge in [0.1, 0.15) is 6.10 Å². The summed E-state index contributed by atoms with van der Waals surface area (Å²) >= 11 is 6.06. The van der Waals surface area contributed by atoms with Crippen LogP contribution in [0.3, 0.4) is 0 Å². The van der Waals surface area contributed by atoms with Crippen LogP contribution in [0.4, 0.5) is 0 Å². The molecule has 0 aromatic rings. The van der Waals surface area contributed by atoms with Crippen LogP contribution in [0.2, 0.25) is 0 Å². The Kier molecular flexibility index (Phi) is 2.32. The quantitative estimate of drug-likeness (QED) is 0.685. The maximum atomic E-state index is 6.06. The van der Waals surface area contributed by atoms with Crippen molar-refractivity contribution in [3.8, 4) is 0 Å². The first-order valence-corrected chi connectivity index (χ1v) is 4.60. The van der Waals surface area contributed by atoms with Crippen molar-refractivity contribution in [3.63, 3.8) is 0 Å². The van der Waals surface area contributed by atoms with Crippen LogP contribution in [0.5, 0.6) is 0 Å². The van der Waals surface area contributed by atoms with E-state index in [0.29, 0.717) is 0 Å². The number of hydrogen-bond acceptors (Lipinski definition) is 3. The SMILES string of the molecule is CO[C@@H]1OC1C1=C(C)NCC=C1Cl. The van der Waals surface area contributed by atoms with E-state index in [0.717, 1.165) is 22.8 Å². The Balaban J connectivity index is 2.17. The van der Waals surface area contributed by atoms with Crippen molar-refractivity contribution in [1.29, 1.82) is 0 Å². The summed E-state index contributed by atoms with van der Waals surface area (Å²) in [6.07, 6.45) is 1.84.